The zero-order chi connectivity index (χ0) is 13.0. The molecule has 0 unspecified atom stereocenters. The predicted octanol–water partition coefficient (Wildman–Crippen LogP) is 3.73. The maximum Gasteiger partial charge on any atom is 0.0750 e. The van der Waals surface area contributed by atoms with Gasteiger partial charge < -0.3 is 11.1 Å². The van der Waals surface area contributed by atoms with Crippen LogP contribution >= 0.6 is 27.5 Å². The van der Waals surface area contributed by atoms with Crippen molar-refractivity contribution in [2.45, 2.75) is 6.42 Å². The van der Waals surface area contributed by atoms with E-state index in [1.165, 1.54) is 5.56 Å². The lowest BCUT2D eigenvalue weighted by Crippen LogP contribution is -2.07. The smallest absolute Gasteiger partial charge is 0.0750 e. The Morgan fingerprint density at radius 3 is 2.61 bits per heavy atom. The second-order valence-corrected chi connectivity index (χ2v) is 5.18. The van der Waals surface area contributed by atoms with Crippen molar-refractivity contribution >= 4 is 38.9 Å². The van der Waals surface area contributed by atoms with E-state index < -0.39 is 0 Å². The van der Waals surface area contributed by atoms with Crippen LogP contribution in [0, 0.1) is 0 Å². The highest BCUT2D eigenvalue weighted by atomic mass is 79.9. The lowest BCUT2D eigenvalue weighted by Gasteiger charge is -2.10. The van der Waals surface area contributed by atoms with E-state index >= 15 is 0 Å². The number of rotatable bonds is 4. The van der Waals surface area contributed by atoms with Gasteiger partial charge in [0.15, 0.2) is 0 Å². The molecule has 0 saturated carbocycles. The van der Waals surface area contributed by atoms with E-state index in [0.29, 0.717) is 5.69 Å². The molecular formula is C13H13BrClN3. The molecule has 1 aromatic heterocycles. The molecule has 3 nitrogen and oxygen atoms in total. The number of hydrogen-bond donors (Lipinski definition) is 2. The van der Waals surface area contributed by atoms with Gasteiger partial charge in [-0.15, -0.1) is 0 Å². The van der Waals surface area contributed by atoms with Gasteiger partial charge in [-0.25, -0.2) is 0 Å². The van der Waals surface area contributed by atoms with Gasteiger partial charge in [0.05, 0.1) is 22.0 Å². The van der Waals surface area contributed by atoms with Crippen LogP contribution in [0.2, 0.25) is 5.02 Å². The van der Waals surface area contributed by atoms with E-state index in [1.807, 2.05) is 24.3 Å². The Labute approximate surface area is 119 Å². The molecule has 0 aliphatic heterocycles. The number of nitrogens with two attached hydrogens (primary N) is 1. The second-order valence-electron chi connectivity index (χ2n) is 3.89. The molecule has 0 aliphatic rings. The zero-order valence-electron chi connectivity index (χ0n) is 9.66. The number of nitrogens with zero attached hydrogens (tertiary/aromatic N) is 1. The molecule has 0 radical (unpaired) electrons. The maximum absolute atomic E-state index is 5.85. The van der Waals surface area contributed by atoms with Gasteiger partial charge in [-0.3, -0.25) is 4.98 Å². The SMILES string of the molecule is Nc1cncc(Br)c1NCCc1ccc(Cl)cc1. The Morgan fingerprint density at radius 1 is 1.22 bits per heavy atom. The average molecular weight is 327 g/mol. The van der Waals surface area contributed by atoms with Crippen LogP contribution in [0.1, 0.15) is 5.56 Å². The van der Waals surface area contributed by atoms with Crippen LogP contribution in [-0.2, 0) is 6.42 Å². The number of nitrogens with one attached hydrogen (secondary N) is 1. The van der Waals surface area contributed by atoms with Crippen molar-refractivity contribution in [3.8, 4) is 0 Å². The number of nitrogen functional groups attached to an aromatic ring is 1. The third-order valence-electron chi connectivity index (χ3n) is 2.56. The number of halogens is 2. The summed E-state index contributed by atoms with van der Waals surface area (Å²) >= 11 is 9.26. The van der Waals surface area contributed by atoms with Gasteiger partial charge in [-0.1, -0.05) is 23.7 Å². The Hall–Kier alpha value is -1.26. The zero-order valence-corrected chi connectivity index (χ0v) is 12.0. The van der Waals surface area contributed by atoms with Crippen molar-refractivity contribution in [3.63, 3.8) is 0 Å². The first-order valence-corrected chi connectivity index (χ1v) is 6.71. The van der Waals surface area contributed by atoms with Crippen LogP contribution in [-0.4, -0.2) is 11.5 Å². The molecular weight excluding hydrogens is 314 g/mol. The van der Waals surface area contributed by atoms with Gasteiger partial charge >= 0.3 is 0 Å². The quantitative estimate of drug-likeness (QED) is 0.900. The largest absolute Gasteiger partial charge is 0.396 e. The fourth-order valence-corrected chi connectivity index (χ4v) is 2.23. The van der Waals surface area contributed by atoms with E-state index in [9.17, 15) is 0 Å². The van der Waals surface area contributed by atoms with Crippen molar-refractivity contribution in [2.75, 3.05) is 17.6 Å². The molecule has 2 aromatic rings. The molecule has 0 fully saturated rings. The molecule has 18 heavy (non-hydrogen) atoms. The van der Waals surface area contributed by atoms with Crippen LogP contribution in [0.5, 0.6) is 0 Å². The highest BCUT2D eigenvalue weighted by Crippen LogP contribution is 2.26. The molecule has 3 N–H and O–H groups in total. The third kappa shape index (κ3) is 3.37. The Morgan fingerprint density at radius 2 is 1.94 bits per heavy atom. The Kier molecular flexibility index (Phi) is 4.44. The fourth-order valence-electron chi connectivity index (χ4n) is 1.62. The van der Waals surface area contributed by atoms with E-state index in [1.54, 1.807) is 12.4 Å². The molecule has 0 spiro atoms. The maximum atomic E-state index is 5.85. The van der Waals surface area contributed by atoms with E-state index in [2.05, 4.69) is 26.2 Å². The summed E-state index contributed by atoms with van der Waals surface area (Å²) < 4.78 is 0.874. The summed E-state index contributed by atoms with van der Waals surface area (Å²) in [6.45, 7) is 0.800. The van der Waals surface area contributed by atoms with Crippen LogP contribution in [0.25, 0.3) is 0 Å². The number of aromatic nitrogens is 1. The molecule has 0 aliphatic carbocycles. The van der Waals surface area contributed by atoms with Gasteiger partial charge in [0.25, 0.3) is 0 Å². The molecule has 94 valence electrons. The average Bonchev–Trinajstić information content (AvgIpc) is 2.35. The number of benzene rings is 1. The van der Waals surface area contributed by atoms with Gasteiger partial charge in [0.2, 0.25) is 0 Å². The monoisotopic (exact) mass is 325 g/mol. The first kappa shape index (κ1) is 13.2. The van der Waals surface area contributed by atoms with Gasteiger partial charge in [0.1, 0.15) is 0 Å². The fraction of sp³-hybridized carbons (Fsp3) is 0.154. The van der Waals surface area contributed by atoms with Crippen molar-refractivity contribution in [1.82, 2.24) is 4.98 Å². The summed E-state index contributed by atoms with van der Waals surface area (Å²) in [5, 5.41) is 4.06. The first-order chi connectivity index (χ1) is 8.66. The second kappa shape index (κ2) is 6.07. The Bertz CT molecular complexity index is 508. The minimum atomic E-state index is 0.639. The number of pyridine rings is 1. The van der Waals surface area contributed by atoms with Crippen LogP contribution in [0.15, 0.2) is 41.1 Å². The minimum Gasteiger partial charge on any atom is -0.396 e. The number of hydrogen-bond acceptors (Lipinski definition) is 3. The molecule has 1 aromatic carbocycles. The summed E-state index contributed by atoms with van der Waals surface area (Å²) in [5.74, 6) is 0. The summed E-state index contributed by atoms with van der Waals surface area (Å²) in [7, 11) is 0. The normalized spacial score (nSPS) is 10.3. The molecule has 2 rings (SSSR count). The van der Waals surface area contributed by atoms with Crippen molar-refractivity contribution in [1.29, 1.82) is 0 Å². The topological polar surface area (TPSA) is 50.9 Å². The molecule has 0 saturated heterocycles. The van der Waals surface area contributed by atoms with Gasteiger partial charge in [-0.05, 0) is 40.0 Å². The molecule has 0 atom stereocenters. The lowest BCUT2D eigenvalue weighted by atomic mass is 10.1. The summed E-state index contributed by atoms with van der Waals surface area (Å²) in [5.41, 5.74) is 8.61. The minimum absolute atomic E-state index is 0.639. The highest BCUT2D eigenvalue weighted by molar-refractivity contribution is 9.10. The highest BCUT2D eigenvalue weighted by Gasteiger charge is 2.03. The van der Waals surface area contributed by atoms with Crippen LogP contribution in [0.3, 0.4) is 0 Å². The van der Waals surface area contributed by atoms with E-state index in [-0.39, 0.29) is 0 Å². The molecule has 5 heteroatoms. The molecule has 0 amide bonds. The first-order valence-electron chi connectivity index (χ1n) is 5.54. The third-order valence-corrected chi connectivity index (χ3v) is 3.41. The van der Waals surface area contributed by atoms with Crippen LogP contribution < -0.4 is 11.1 Å². The van der Waals surface area contributed by atoms with Crippen molar-refractivity contribution in [3.05, 3.63) is 51.7 Å². The number of anilines is 2. The standard InChI is InChI=1S/C13H13BrClN3/c14-11-7-17-8-12(16)13(11)18-6-5-9-1-3-10(15)4-2-9/h1-4,7-8H,5-6,16H2,(H,17,18). The lowest BCUT2D eigenvalue weighted by molar-refractivity contribution is 1.02. The van der Waals surface area contributed by atoms with Crippen molar-refractivity contribution < 1.29 is 0 Å². The molecule has 1 heterocycles. The summed E-state index contributed by atoms with van der Waals surface area (Å²) in [6.07, 6.45) is 4.27. The Balaban J connectivity index is 1.94. The predicted molar refractivity (Wildman–Crippen MR) is 80.0 cm³/mol. The van der Waals surface area contributed by atoms with Crippen LogP contribution in [0.4, 0.5) is 11.4 Å². The van der Waals surface area contributed by atoms with E-state index in [0.717, 1.165) is 28.1 Å². The summed E-state index contributed by atoms with van der Waals surface area (Å²) in [6, 6.07) is 7.84. The summed E-state index contributed by atoms with van der Waals surface area (Å²) in [4.78, 5) is 3.99. The van der Waals surface area contributed by atoms with Gasteiger partial charge in [-0.2, -0.15) is 0 Å². The molecule has 0 bridgehead atoms. The van der Waals surface area contributed by atoms with E-state index in [4.69, 9.17) is 17.3 Å². The van der Waals surface area contributed by atoms with Gasteiger partial charge in [0, 0.05) is 17.8 Å². The van der Waals surface area contributed by atoms with Crippen molar-refractivity contribution in [2.24, 2.45) is 0 Å².